The van der Waals surface area contributed by atoms with E-state index >= 15 is 0 Å². The highest BCUT2D eigenvalue weighted by Crippen LogP contribution is 2.30. The third-order valence-corrected chi connectivity index (χ3v) is 4.77. The Morgan fingerprint density at radius 1 is 1.33 bits per heavy atom. The van der Waals surface area contributed by atoms with Gasteiger partial charge >= 0.3 is 0 Å². The van der Waals surface area contributed by atoms with Crippen LogP contribution in [0.25, 0.3) is 10.9 Å². The molecule has 30 heavy (non-hydrogen) atoms. The van der Waals surface area contributed by atoms with Crippen LogP contribution in [0.15, 0.2) is 24.4 Å². The predicted molar refractivity (Wildman–Crippen MR) is 122 cm³/mol. The largest absolute Gasteiger partial charge is 0.470 e. The van der Waals surface area contributed by atoms with Crippen molar-refractivity contribution in [2.75, 3.05) is 19.5 Å². The number of terminal acetylenes is 2. The van der Waals surface area contributed by atoms with E-state index in [1.165, 1.54) is 11.8 Å². The van der Waals surface area contributed by atoms with Crippen molar-refractivity contribution in [2.24, 2.45) is 0 Å². The number of hydrogen-bond acceptors (Lipinski definition) is 5. The van der Waals surface area contributed by atoms with Gasteiger partial charge in [-0.3, -0.25) is 9.78 Å². The van der Waals surface area contributed by atoms with Gasteiger partial charge in [0.25, 0.3) is 5.91 Å². The zero-order valence-corrected chi connectivity index (χ0v) is 18.5. The van der Waals surface area contributed by atoms with Crippen molar-refractivity contribution >= 4 is 40.2 Å². The molecule has 0 aliphatic rings. The van der Waals surface area contributed by atoms with E-state index in [2.05, 4.69) is 34.0 Å². The number of nitrogens with zero attached hydrogens (tertiary/aromatic N) is 1. The van der Waals surface area contributed by atoms with Gasteiger partial charge in [0.2, 0.25) is 5.44 Å². The van der Waals surface area contributed by atoms with Gasteiger partial charge in [0.1, 0.15) is 19.0 Å². The third kappa shape index (κ3) is 6.61. The maximum Gasteiger partial charge on any atom is 0.272 e. The molecule has 1 N–H and O–H groups in total. The number of halogens is 1. The molecule has 0 aliphatic carbocycles. The Kier molecular flexibility index (Phi) is 8.46. The first kappa shape index (κ1) is 23.5. The SMILES string of the molecule is C#CCOCC#CC(C)(C)NC(=O)C(Oc1cc(Cl)c2ncc(C#C)cc2c1)SC. The Morgan fingerprint density at radius 2 is 2.10 bits per heavy atom. The Morgan fingerprint density at radius 3 is 2.77 bits per heavy atom. The van der Waals surface area contributed by atoms with Crippen molar-refractivity contribution in [3.05, 3.63) is 35.0 Å². The number of ether oxygens (including phenoxy) is 2. The highest BCUT2D eigenvalue weighted by Gasteiger charge is 2.25. The van der Waals surface area contributed by atoms with Crippen LogP contribution in [0.2, 0.25) is 5.02 Å². The average Bonchev–Trinajstić information content (AvgIpc) is 2.70. The van der Waals surface area contributed by atoms with Crippen LogP contribution < -0.4 is 10.1 Å². The second-order valence-corrected chi connectivity index (χ2v) is 7.95. The summed E-state index contributed by atoms with van der Waals surface area (Å²) in [5.74, 6) is 10.8. The van der Waals surface area contributed by atoms with Crippen molar-refractivity contribution in [2.45, 2.75) is 24.8 Å². The zero-order chi connectivity index (χ0) is 22.1. The van der Waals surface area contributed by atoms with Crippen LogP contribution in [-0.2, 0) is 9.53 Å². The van der Waals surface area contributed by atoms with Crippen LogP contribution in [-0.4, -0.2) is 41.3 Å². The molecule has 5 nitrogen and oxygen atoms in total. The highest BCUT2D eigenvalue weighted by atomic mass is 35.5. The molecule has 7 heteroatoms. The predicted octanol–water partition coefficient (Wildman–Crippen LogP) is 3.49. The summed E-state index contributed by atoms with van der Waals surface area (Å²) in [6, 6.07) is 5.16. The molecule has 1 heterocycles. The monoisotopic (exact) mass is 440 g/mol. The quantitative estimate of drug-likeness (QED) is 0.405. The van der Waals surface area contributed by atoms with Crippen LogP contribution in [0.3, 0.4) is 0 Å². The first-order chi connectivity index (χ1) is 14.3. The molecule has 1 unspecified atom stereocenters. The minimum Gasteiger partial charge on any atom is -0.470 e. The first-order valence-electron chi connectivity index (χ1n) is 8.88. The minimum absolute atomic E-state index is 0.190. The van der Waals surface area contributed by atoms with E-state index in [4.69, 9.17) is 33.9 Å². The molecule has 0 radical (unpaired) electrons. The summed E-state index contributed by atoms with van der Waals surface area (Å²) in [5, 5.41) is 4.00. The fourth-order valence-corrected chi connectivity index (χ4v) is 3.22. The molecule has 0 bridgehead atoms. The van der Waals surface area contributed by atoms with Crippen molar-refractivity contribution in [3.63, 3.8) is 0 Å². The van der Waals surface area contributed by atoms with Crippen LogP contribution in [0.5, 0.6) is 5.75 Å². The number of fused-ring (bicyclic) bond motifs is 1. The molecule has 0 spiro atoms. The number of benzene rings is 1. The fraction of sp³-hybridized carbons (Fsp3) is 0.304. The van der Waals surface area contributed by atoms with Crippen LogP contribution in [0, 0.1) is 36.5 Å². The normalized spacial score (nSPS) is 11.5. The lowest BCUT2D eigenvalue weighted by atomic mass is 10.1. The maximum atomic E-state index is 12.7. The third-order valence-electron chi connectivity index (χ3n) is 3.74. The number of rotatable bonds is 7. The summed E-state index contributed by atoms with van der Waals surface area (Å²) < 4.78 is 11.0. The topological polar surface area (TPSA) is 60.5 Å². The summed E-state index contributed by atoms with van der Waals surface area (Å²) in [6.07, 6.45) is 13.9. The Balaban J connectivity index is 2.13. The second kappa shape index (κ2) is 10.8. The van der Waals surface area contributed by atoms with E-state index in [0.717, 1.165) is 5.39 Å². The van der Waals surface area contributed by atoms with E-state index in [-0.39, 0.29) is 19.1 Å². The summed E-state index contributed by atoms with van der Waals surface area (Å²) >= 11 is 7.57. The van der Waals surface area contributed by atoms with Crippen molar-refractivity contribution < 1.29 is 14.3 Å². The van der Waals surface area contributed by atoms with E-state index in [0.29, 0.717) is 21.9 Å². The number of aromatic nitrogens is 1. The van der Waals surface area contributed by atoms with Crippen LogP contribution in [0.4, 0.5) is 0 Å². The van der Waals surface area contributed by atoms with E-state index in [1.807, 2.05) is 0 Å². The van der Waals surface area contributed by atoms with Gasteiger partial charge in [-0.15, -0.1) is 24.6 Å². The molecule has 2 aromatic rings. The molecule has 2 rings (SSSR count). The summed E-state index contributed by atoms with van der Waals surface area (Å²) in [6.45, 7) is 3.96. The molecule has 1 aromatic carbocycles. The number of pyridine rings is 1. The lowest BCUT2D eigenvalue weighted by molar-refractivity contribution is -0.125. The van der Waals surface area contributed by atoms with Gasteiger partial charge in [-0.2, -0.15) is 0 Å². The molecule has 0 saturated heterocycles. The molecular weight excluding hydrogens is 420 g/mol. The molecule has 1 aromatic heterocycles. The highest BCUT2D eigenvalue weighted by molar-refractivity contribution is 7.99. The summed E-state index contributed by atoms with van der Waals surface area (Å²) in [4.78, 5) is 17.0. The van der Waals surface area contributed by atoms with Gasteiger partial charge < -0.3 is 14.8 Å². The van der Waals surface area contributed by atoms with Gasteiger partial charge in [0.05, 0.1) is 16.1 Å². The summed E-state index contributed by atoms with van der Waals surface area (Å²) in [5.41, 5.74) is -0.347. The van der Waals surface area contributed by atoms with Crippen LogP contribution in [0.1, 0.15) is 19.4 Å². The van der Waals surface area contributed by atoms with E-state index in [1.54, 1.807) is 44.5 Å². The number of hydrogen-bond donors (Lipinski definition) is 1. The number of nitrogens with one attached hydrogen (secondary N) is 1. The lowest BCUT2D eigenvalue weighted by Crippen LogP contribution is -2.47. The zero-order valence-electron chi connectivity index (χ0n) is 16.9. The molecule has 1 atom stereocenters. The first-order valence-corrected chi connectivity index (χ1v) is 10.5. The molecule has 0 fully saturated rings. The molecule has 0 aliphatic heterocycles. The van der Waals surface area contributed by atoms with Gasteiger partial charge in [-0.05, 0) is 32.2 Å². The number of amides is 1. The van der Waals surface area contributed by atoms with Gasteiger partial charge in [-0.1, -0.05) is 35.3 Å². The second-order valence-electron chi connectivity index (χ2n) is 6.64. The number of thioether (sulfide) groups is 1. The standard InChI is InChI=1S/C23H21ClN2O3S/c1-6-10-28-11-8-9-23(3,4)26-21(27)22(30-5)29-18-13-17-12-16(7-2)15-25-20(17)19(24)14-18/h1-2,12-15,22H,10-11H2,3-5H3,(H,26,27). The Labute approximate surface area is 186 Å². The minimum atomic E-state index is -0.805. The smallest absolute Gasteiger partial charge is 0.272 e. The molecule has 0 saturated carbocycles. The summed E-state index contributed by atoms with van der Waals surface area (Å²) in [7, 11) is 0. The Hall–Kier alpha value is -2.82. The van der Waals surface area contributed by atoms with Crippen molar-refractivity contribution in [3.8, 4) is 42.3 Å². The maximum absolute atomic E-state index is 12.7. The van der Waals surface area contributed by atoms with Crippen LogP contribution >= 0.6 is 23.4 Å². The number of carbonyl (C=O) groups excluding carboxylic acids is 1. The van der Waals surface area contributed by atoms with Gasteiger partial charge in [0.15, 0.2) is 0 Å². The van der Waals surface area contributed by atoms with Crippen molar-refractivity contribution in [1.82, 2.24) is 10.3 Å². The average molecular weight is 441 g/mol. The van der Waals surface area contributed by atoms with E-state index < -0.39 is 11.0 Å². The lowest BCUT2D eigenvalue weighted by Gasteiger charge is -2.24. The fourth-order valence-electron chi connectivity index (χ4n) is 2.48. The molecule has 154 valence electrons. The van der Waals surface area contributed by atoms with E-state index in [9.17, 15) is 4.79 Å². The number of carbonyl (C=O) groups is 1. The Bertz CT molecular complexity index is 1070. The van der Waals surface area contributed by atoms with Gasteiger partial charge in [0, 0.05) is 23.2 Å². The molecule has 1 amide bonds. The molecular formula is C23H21ClN2O3S. The van der Waals surface area contributed by atoms with Gasteiger partial charge in [-0.25, -0.2) is 0 Å². The van der Waals surface area contributed by atoms with Crippen molar-refractivity contribution in [1.29, 1.82) is 0 Å².